The van der Waals surface area contributed by atoms with Gasteiger partial charge < -0.3 is 11.1 Å². The molecule has 1 atom stereocenters. The van der Waals surface area contributed by atoms with Gasteiger partial charge in [-0.2, -0.15) is 0 Å². The second-order valence-corrected chi connectivity index (χ2v) is 7.45. The summed E-state index contributed by atoms with van der Waals surface area (Å²) >= 11 is 0. The predicted octanol–water partition coefficient (Wildman–Crippen LogP) is 3.02. The van der Waals surface area contributed by atoms with E-state index < -0.39 is 0 Å². The van der Waals surface area contributed by atoms with Crippen LogP contribution in [0.1, 0.15) is 62.8 Å². The number of benzene rings is 1. The predicted molar refractivity (Wildman–Crippen MR) is 107 cm³/mol. The monoisotopic (exact) mass is 379 g/mol. The van der Waals surface area contributed by atoms with Crippen LogP contribution in [-0.4, -0.2) is 33.5 Å². The van der Waals surface area contributed by atoms with E-state index in [1.807, 2.05) is 19.1 Å². The smallest absolute Gasteiger partial charge is 0.274 e. The first-order valence-corrected chi connectivity index (χ1v) is 8.84. The van der Waals surface area contributed by atoms with E-state index in [9.17, 15) is 4.79 Å². The summed E-state index contributed by atoms with van der Waals surface area (Å²) in [5.41, 5.74) is 9.05. The van der Waals surface area contributed by atoms with Crippen LogP contribution >= 0.6 is 12.4 Å². The van der Waals surface area contributed by atoms with Crippen molar-refractivity contribution in [3.8, 4) is 5.69 Å². The van der Waals surface area contributed by atoms with Gasteiger partial charge in [-0.1, -0.05) is 51.5 Å². The first kappa shape index (κ1) is 22.1. The Morgan fingerprint density at radius 1 is 1.27 bits per heavy atom. The molecule has 7 heteroatoms. The highest BCUT2D eigenvalue weighted by Gasteiger charge is 2.21. The Morgan fingerprint density at radius 3 is 2.38 bits per heavy atom. The van der Waals surface area contributed by atoms with E-state index in [0.717, 1.165) is 24.2 Å². The third kappa shape index (κ3) is 5.05. The Morgan fingerprint density at radius 2 is 1.88 bits per heavy atom. The summed E-state index contributed by atoms with van der Waals surface area (Å²) in [6.07, 6.45) is 1.63. The van der Waals surface area contributed by atoms with E-state index in [4.69, 9.17) is 5.73 Å². The molecule has 0 saturated carbocycles. The number of nitrogens with zero attached hydrogens (tertiary/aromatic N) is 3. The van der Waals surface area contributed by atoms with E-state index >= 15 is 0 Å². The van der Waals surface area contributed by atoms with Crippen molar-refractivity contribution >= 4 is 18.3 Å². The molecule has 0 radical (unpaired) electrons. The van der Waals surface area contributed by atoms with Crippen molar-refractivity contribution in [2.45, 2.75) is 58.9 Å². The summed E-state index contributed by atoms with van der Waals surface area (Å²) in [5, 5.41) is 11.2. The SMILES string of the molecule is CCCc1c(C(=O)N[C@@H](C)CN)nnn1-c1ccc(C(C)(C)C)cc1.Cl. The lowest BCUT2D eigenvalue weighted by Gasteiger charge is -2.19. The molecule has 0 saturated heterocycles. The highest BCUT2D eigenvalue weighted by molar-refractivity contribution is 5.93. The first-order chi connectivity index (χ1) is 11.8. The van der Waals surface area contributed by atoms with Gasteiger partial charge in [0.25, 0.3) is 5.91 Å². The molecule has 0 aliphatic carbocycles. The number of hydrogen-bond donors (Lipinski definition) is 2. The van der Waals surface area contributed by atoms with E-state index in [1.165, 1.54) is 5.56 Å². The van der Waals surface area contributed by atoms with Crippen LogP contribution in [-0.2, 0) is 11.8 Å². The average Bonchev–Trinajstić information content (AvgIpc) is 2.98. The summed E-state index contributed by atoms with van der Waals surface area (Å²) in [5.74, 6) is -0.223. The molecule has 2 rings (SSSR count). The number of hydrogen-bond acceptors (Lipinski definition) is 4. The van der Waals surface area contributed by atoms with Crippen molar-refractivity contribution in [1.82, 2.24) is 20.3 Å². The van der Waals surface area contributed by atoms with Crippen molar-refractivity contribution in [1.29, 1.82) is 0 Å². The Bertz CT molecular complexity index is 719. The van der Waals surface area contributed by atoms with E-state index in [-0.39, 0.29) is 29.8 Å². The standard InChI is InChI=1S/C19H29N5O.ClH/c1-6-7-16-17(18(25)21-13(2)12-20)22-23-24(16)15-10-8-14(9-11-15)19(3,4)5;/h8-11,13H,6-7,12,20H2,1-5H3,(H,21,25);1H/t13-;/m0./s1. The van der Waals surface area contributed by atoms with Gasteiger partial charge in [-0.25, -0.2) is 4.68 Å². The highest BCUT2D eigenvalue weighted by atomic mass is 35.5. The van der Waals surface area contributed by atoms with E-state index in [2.05, 4.69) is 55.5 Å². The number of aromatic nitrogens is 3. The van der Waals surface area contributed by atoms with Gasteiger partial charge in [0.05, 0.1) is 11.4 Å². The zero-order chi connectivity index (χ0) is 18.6. The van der Waals surface area contributed by atoms with Crippen LogP contribution in [0.3, 0.4) is 0 Å². The maximum absolute atomic E-state index is 12.5. The summed E-state index contributed by atoms with van der Waals surface area (Å²) in [6, 6.07) is 8.15. The van der Waals surface area contributed by atoms with Crippen LogP contribution in [0.4, 0.5) is 0 Å². The first-order valence-electron chi connectivity index (χ1n) is 8.84. The number of halogens is 1. The minimum absolute atomic E-state index is 0. The largest absolute Gasteiger partial charge is 0.347 e. The van der Waals surface area contributed by atoms with Gasteiger partial charge >= 0.3 is 0 Å². The summed E-state index contributed by atoms with van der Waals surface area (Å²) in [6.45, 7) is 10.9. The Labute approximate surface area is 162 Å². The number of nitrogens with one attached hydrogen (secondary N) is 1. The molecular weight excluding hydrogens is 350 g/mol. The minimum atomic E-state index is -0.223. The number of rotatable bonds is 6. The molecule has 2 aromatic rings. The maximum Gasteiger partial charge on any atom is 0.274 e. The molecule has 6 nitrogen and oxygen atoms in total. The molecule has 0 unspecified atom stereocenters. The molecule has 0 bridgehead atoms. The minimum Gasteiger partial charge on any atom is -0.347 e. The molecule has 1 aromatic carbocycles. The van der Waals surface area contributed by atoms with Gasteiger partial charge in [0.15, 0.2) is 5.69 Å². The lowest BCUT2D eigenvalue weighted by atomic mass is 9.87. The van der Waals surface area contributed by atoms with E-state index in [1.54, 1.807) is 4.68 Å². The lowest BCUT2D eigenvalue weighted by Crippen LogP contribution is -2.38. The summed E-state index contributed by atoms with van der Waals surface area (Å²) in [7, 11) is 0. The summed E-state index contributed by atoms with van der Waals surface area (Å²) < 4.78 is 1.76. The van der Waals surface area contributed by atoms with E-state index in [0.29, 0.717) is 12.2 Å². The molecule has 1 heterocycles. The van der Waals surface area contributed by atoms with Crippen LogP contribution in [0.15, 0.2) is 24.3 Å². The maximum atomic E-state index is 12.5. The number of amides is 1. The highest BCUT2D eigenvalue weighted by Crippen LogP contribution is 2.24. The van der Waals surface area contributed by atoms with Gasteiger partial charge in [0, 0.05) is 12.6 Å². The van der Waals surface area contributed by atoms with Crippen LogP contribution in [0.2, 0.25) is 0 Å². The molecule has 1 aromatic heterocycles. The fraction of sp³-hybridized carbons (Fsp3) is 0.526. The molecule has 1 amide bonds. The molecule has 0 spiro atoms. The zero-order valence-electron chi connectivity index (χ0n) is 16.2. The third-order valence-corrected chi connectivity index (χ3v) is 4.17. The molecule has 0 aliphatic heterocycles. The quantitative estimate of drug-likeness (QED) is 0.807. The van der Waals surface area contributed by atoms with Crippen molar-refractivity contribution in [3.63, 3.8) is 0 Å². The topological polar surface area (TPSA) is 85.8 Å². The number of nitrogens with two attached hydrogens (primary N) is 1. The Balaban J connectivity index is 0.00000338. The molecule has 0 fully saturated rings. The number of carbonyl (C=O) groups is 1. The van der Waals surface area contributed by atoms with Crippen LogP contribution in [0.5, 0.6) is 0 Å². The normalized spacial score (nSPS) is 12.4. The van der Waals surface area contributed by atoms with Gasteiger partial charge in [0.2, 0.25) is 0 Å². The van der Waals surface area contributed by atoms with Crippen molar-refractivity contribution in [2.24, 2.45) is 5.73 Å². The molecule has 3 N–H and O–H groups in total. The van der Waals surface area contributed by atoms with Crippen molar-refractivity contribution in [2.75, 3.05) is 6.54 Å². The fourth-order valence-corrected chi connectivity index (χ4v) is 2.60. The molecular formula is C19H30ClN5O. The third-order valence-electron chi connectivity index (χ3n) is 4.17. The zero-order valence-corrected chi connectivity index (χ0v) is 17.1. The number of carbonyl (C=O) groups excluding carboxylic acids is 1. The molecule has 0 aliphatic rings. The van der Waals surface area contributed by atoms with Gasteiger partial charge in [-0.3, -0.25) is 4.79 Å². The van der Waals surface area contributed by atoms with Gasteiger partial charge in [0.1, 0.15) is 0 Å². The average molecular weight is 380 g/mol. The van der Waals surface area contributed by atoms with Crippen molar-refractivity contribution < 1.29 is 4.79 Å². The van der Waals surface area contributed by atoms with Crippen LogP contribution < -0.4 is 11.1 Å². The summed E-state index contributed by atoms with van der Waals surface area (Å²) in [4.78, 5) is 12.5. The molecule has 144 valence electrons. The molecule has 26 heavy (non-hydrogen) atoms. The Hall–Kier alpha value is -1.92. The van der Waals surface area contributed by atoms with Crippen molar-refractivity contribution in [3.05, 3.63) is 41.2 Å². The van der Waals surface area contributed by atoms with Gasteiger partial charge in [-0.05, 0) is 36.5 Å². The second kappa shape index (κ2) is 9.14. The second-order valence-electron chi connectivity index (χ2n) is 7.45. The fourth-order valence-electron chi connectivity index (χ4n) is 2.60. The lowest BCUT2D eigenvalue weighted by molar-refractivity contribution is 0.0935. The Kier molecular flexibility index (Phi) is 7.78. The van der Waals surface area contributed by atoms with Gasteiger partial charge in [-0.15, -0.1) is 17.5 Å². The van der Waals surface area contributed by atoms with Crippen LogP contribution in [0, 0.1) is 0 Å². The van der Waals surface area contributed by atoms with Crippen LogP contribution in [0.25, 0.3) is 5.69 Å².